The van der Waals surface area contributed by atoms with E-state index in [-0.39, 0.29) is 6.61 Å². The van der Waals surface area contributed by atoms with Gasteiger partial charge in [-0.25, -0.2) is 4.98 Å². The van der Waals surface area contributed by atoms with Gasteiger partial charge in [-0.05, 0) is 23.8 Å². The van der Waals surface area contributed by atoms with Gasteiger partial charge < -0.3 is 9.52 Å². The number of hydrogen-bond donors (Lipinski definition) is 1. The lowest BCUT2D eigenvalue weighted by Crippen LogP contribution is -1.90. The fourth-order valence-electron chi connectivity index (χ4n) is 1.98. The number of hydrogen-bond acceptors (Lipinski definition) is 4. The summed E-state index contributed by atoms with van der Waals surface area (Å²) < 4.78 is 5.10. The first-order valence-corrected chi connectivity index (χ1v) is 6.21. The standard InChI is InChI=1S/C14H11ClN2O2/c15-11-5-10-3-9(1-2-13(10)16-6-11)4-12-8-19-14(7-18)17-12/h1-3,5-6,8,18H,4,7H2. The lowest BCUT2D eigenvalue weighted by Gasteiger charge is -2.02. The first-order valence-electron chi connectivity index (χ1n) is 5.83. The zero-order valence-electron chi connectivity index (χ0n) is 10.0. The van der Waals surface area contributed by atoms with Crippen LogP contribution in [0.4, 0.5) is 0 Å². The Morgan fingerprint density at radius 3 is 2.95 bits per heavy atom. The van der Waals surface area contributed by atoms with Crippen molar-refractivity contribution in [1.29, 1.82) is 0 Å². The van der Waals surface area contributed by atoms with Crippen LogP contribution in [0.2, 0.25) is 5.02 Å². The average Bonchev–Trinajstić information content (AvgIpc) is 2.86. The zero-order chi connectivity index (χ0) is 13.2. The fourth-order valence-corrected chi connectivity index (χ4v) is 2.14. The number of pyridine rings is 1. The van der Waals surface area contributed by atoms with Crippen LogP contribution in [0.3, 0.4) is 0 Å². The molecule has 0 fully saturated rings. The number of aliphatic hydroxyl groups is 1. The second-order valence-electron chi connectivity index (χ2n) is 4.25. The quantitative estimate of drug-likeness (QED) is 0.798. The maximum atomic E-state index is 8.91. The molecule has 2 heterocycles. The van der Waals surface area contributed by atoms with E-state index in [2.05, 4.69) is 9.97 Å². The molecule has 1 N–H and O–H groups in total. The van der Waals surface area contributed by atoms with E-state index in [1.54, 1.807) is 12.5 Å². The van der Waals surface area contributed by atoms with Gasteiger partial charge in [0.2, 0.25) is 5.89 Å². The second kappa shape index (κ2) is 4.99. The fraction of sp³-hybridized carbons (Fsp3) is 0.143. The third-order valence-corrected chi connectivity index (χ3v) is 3.04. The smallest absolute Gasteiger partial charge is 0.219 e. The van der Waals surface area contributed by atoms with Gasteiger partial charge in [0, 0.05) is 18.0 Å². The number of oxazole rings is 1. The Morgan fingerprint density at radius 1 is 1.26 bits per heavy atom. The molecule has 0 aliphatic carbocycles. The van der Waals surface area contributed by atoms with E-state index in [1.807, 2.05) is 24.3 Å². The summed E-state index contributed by atoms with van der Waals surface area (Å²) in [6.45, 7) is -0.183. The third kappa shape index (κ3) is 2.59. The molecule has 0 saturated carbocycles. The summed E-state index contributed by atoms with van der Waals surface area (Å²) in [5, 5.41) is 10.5. The van der Waals surface area contributed by atoms with Crippen LogP contribution < -0.4 is 0 Å². The van der Waals surface area contributed by atoms with Crippen LogP contribution in [0.25, 0.3) is 10.9 Å². The molecule has 3 aromatic rings. The summed E-state index contributed by atoms with van der Waals surface area (Å²) in [5.41, 5.74) is 2.79. The van der Waals surface area contributed by atoms with E-state index in [0.717, 1.165) is 22.2 Å². The van der Waals surface area contributed by atoms with E-state index >= 15 is 0 Å². The number of halogens is 1. The number of fused-ring (bicyclic) bond motifs is 1. The Bertz CT molecular complexity index is 724. The highest BCUT2D eigenvalue weighted by atomic mass is 35.5. The van der Waals surface area contributed by atoms with Gasteiger partial charge in [-0.2, -0.15) is 0 Å². The third-order valence-electron chi connectivity index (χ3n) is 2.83. The van der Waals surface area contributed by atoms with Crippen LogP contribution in [-0.2, 0) is 13.0 Å². The predicted octanol–water partition coefficient (Wildman–Crippen LogP) is 2.96. The van der Waals surface area contributed by atoms with Gasteiger partial charge in [0.1, 0.15) is 12.9 Å². The van der Waals surface area contributed by atoms with Gasteiger partial charge in [-0.3, -0.25) is 4.98 Å². The molecule has 0 aliphatic rings. The van der Waals surface area contributed by atoms with Crippen molar-refractivity contribution in [2.45, 2.75) is 13.0 Å². The molecule has 0 bridgehead atoms. The second-order valence-corrected chi connectivity index (χ2v) is 4.68. The molecule has 3 rings (SSSR count). The Morgan fingerprint density at radius 2 is 2.16 bits per heavy atom. The van der Waals surface area contributed by atoms with Crippen LogP contribution >= 0.6 is 11.6 Å². The van der Waals surface area contributed by atoms with Crippen molar-refractivity contribution in [2.24, 2.45) is 0 Å². The molecular formula is C14H11ClN2O2. The number of aliphatic hydroxyl groups excluding tert-OH is 1. The highest BCUT2D eigenvalue weighted by Crippen LogP contribution is 2.19. The van der Waals surface area contributed by atoms with Gasteiger partial charge in [-0.1, -0.05) is 17.7 Å². The van der Waals surface area contributed by atoms with Crippen molar-refractivity contribution < 1.29 is 9.52 Å². The van der Waals surface area contributed by atoms with Crippen LogP contribution in [0.1, 0.15) is 17.1 Å². The van der Waals surface area contributed by atoms with Crippen LogP contribution in [0.15, 0.2) is 41.1 Å². The Labute approximate surface area is 114 Å². The van der Waals surface area contributed by atoms with E-state index in [9.17, 15) is 0 Å². The minimum atomic E-state index is -0.183. The Hall–Kier alpha value is -1.91. The first-order chi connectivity index (χ1) is 9.24. The molecule has 0 amide bonds. The van der Waals surface area contributed by atoms with Gasteiger partial charge in [0.25, 0.3) is 0 Å². The molecule has 0 aliphatic heterocycles. The van der Waals surface area contributed by atoms with E-state index in [4.69, 9.17) is 21.1 Å². The average molecular weight is 275 g/mol. The molecule has 0 unspecified atom stereocenters. The maximum Gasteiger partial charge on any atom is 0.219 e. The largest absolute Gasteiger partial charge is 0.446 e. The monoisotopic (exact) mass is 274 g/mol. The van der Waals surface area contributed by atoms with Crippen molar-refractivity contribution in [1.82, 2.24) is 9.97 Å². The summed E-state index contributed by atoms with van der Waals surface area (Å²) in [4.78, 5) is 8.41. The lowest BCUT2D eigenvalue weighted by atomic mass is 10.1. The molecular weight excluding hydrogens is 264 g/mol. The summed E-state index contributed by atoms with van der Waals surface area (Å²) >= 11 is 5.94. The molecule has 0 radical (unpaired) electrons. The van der Waals surface area contributed by atoms with Crippen molar-refractivity contribution >= 4 is 22.5 Å². The number of nitrogens with zero attached hydrogens (tertiary/aromatic N) is 2. The topological polar surface area (TPSA) is 59.2 Å². The number of rotatable bonds is 3. The summed E-state index contributed by atoms with van der Waals surface area (Å²) in [7, 11) is 0. The normalized spacial score (nSPS) is 11.1. The molecule has 1 aromatic carbocycles. The van der Waals surface area contributed by atoms with Gasteiger partial charge >= 0.3 is 0 Å². The molecule has 2 aromatic heterocycles. The molecule has 0 atom stereocenters. The minimum Gasteiger partial charge on any atom is -0.446 e. The van der Waals surface area contributed by atoms with E-state index < -0.39 is 0 Å². The van der Waals surface area contributed by atoms with Gasteiger partial charge in [-0.15, -0.1) is 0 Å². The SMILES string of the molecule is OCc1nc(Cc2ccc3ncc(Cl)cc3c2)co1. The first kappa shape index (κ1) is 12.1. The summed E-state index contributed by atoms with van der Waals surface area (Å²) in [5.74, 6) is 0.334. The molecule has 4 nitrogen and oxygen atoms in total. The van der Waals surface area contributed by atoms with Crippen molar-refractivity contribution in [2.75, 3.05) is 0 Å². The van der Waals surface area contributed by atoms with Crippen molar-refractivity contribution in [3.05, 3.63) is 58.9 Å². The molecule has 5 heteroatoms. The van der Waals surface area contributed by atoms with Crippen LogP contribution in [0.5, 0.6) is 0 Å². The van der Waals surface area contributed by atoms with Gasteiger partial charge in [0.05, 0.1) is 16.2 Å². The maximum absolute atomic E-state index is 8.91. The molecule has 96 valence electrons. The molecule has 0 spiro atoms. The van der Waals surface area contributed by atoms with Crippen LogP contribution in [0, 0.1) is 0 Å². The highest BCUT2D eigenvalue weighted by Gasteiger charge is 2.05. The van der Waals surface area contributed by atoms with Gasteiger partial charge in [0.15, 0.2) is 0 Å². The molecule has 0 saturated heterocycles. The zero-order valence-corrected chi connectivity index (χ0v) is 10.8. The Kier molecular flexibility index (Phi) is 3.19. The minimum absolute atomic E-state index is 0.183. The highest BCUT2D eigenvalue weighted by molar-refractivity contribution is 6.31. The summed E-state index contributed by atoms with van der Waals surface area (Å²) in [6.07, 6.45) is 3.84. The number of aromatic nitrogens is 2. The van der Waals surface area contributed by atoms with Crippen molar-refractivity contribution in [3.63, 3.8) is 0 Å². The predicted molar refractivity (Wildman–Crippen MR) is 72.0 cm³/mol. The Balaban J connectivity index is 1.92. The molecule has 19 heavy (non-hydrogen) atoms. The van der Waals surface area contributed by atoms with E-state index in [0.29, 0.717) is 17.3 Å². The van der Waals surface area contributed by atoms with Crippen molar-refractivity contribution in [3.8, 4) is 0 Å². The van der Waals surface area contributed by atoms with E-state index in [1.165, 1.54) is 0 Å². The van der Waals surface area contributed by atoms with Crippen LogP contribution in [-0.4, -0.2) is 15.1 Å². The number of benzene rings is 1. The lowest BCUT2D eigenvalue weighted by molar-refractivity contribution is 0.240. The summed E-state index contributed by atoms with van der Waals surface area (Å²) in [6, 6.07) is 7.86.